The fourth-order valence-corrected chi connectivity index (χ4v) is 1.52. The fraction of sp³-hybridized carbons (Fsp3) is 0.556. The van der Waals surface area contributed by atoms with Crippen LogP contribution in [0.1, 0.15) is 46.0 Å². The molecule has 0 bridgehead atoms. The van der Waals surface area contributed by atoms with Gasteiger partial charge < -0.3 is 18.9 Å². The van der Waals surface area contributed by atoms with Crippen LogP contribution in [0.5, 0.6) is 0 Å². The fourth-order valence-electron chi connectivity index (χ4n) is 1.52. The van der Waals surface area contributed by atoms with E-state index < -0.39 is 37.1 Å². The highest BCUT2D eigenvalue weighted by Crippen LogP contribution is 2.03. The van der Waals surface area contributed by atoms with Gasteiger partial charge in [0, 0.05) is 11.1 Å². The first-order valence-electron chi connectivity index (χ1n) is 8.20. The Bertz CT molecular complexity index is 535. The molecule has 0 amide bonds. The summed E-state index contributed by atoms with van der Waals surface area (Å²) in [5, 5.41) is 0. The van der Waals surface area contributed by atoms with Gasteiger partial charge in [0.1, 0.15) is 6.42 Å². The van der Waals surface area contributed by atoms with Gasteiger partial charge in [-0.3, -0.25) is 9.59 Å². The standard InChI is InChI=1S/C18H26O8/c1-13(2)17(21)24-10-8-6-5-7-9-23-15(19)11-16(20)25-12-26-18(22)14(3)4/h1,3,5-12H2,2,4H3. The van der Waals surface area contributed by atoms with Crippen LogP contribution in [0.25, 0.3) is 0 Å². The highest BCUT2D eigenvalue weighted by atomic mass is 16.7. The van der Waals surface area contributed by atoms with Gasteiger partial charge in [0.25, 0.3) is 0 Å². The van der Waals surface area contributed by atoms with Gasteiger partial charge in [0.05, 0.1) is 13.2 Å². The van der Waals surface area contributed by atoms with Gasteiger partial charge in [0.15, 0.2) is 0 Å². The molecule has 0 aromatic carbocycles. The Hall–Kier alpha value is -2.64. The average molecular weight is 370 g/mol. The molecule has 0 aliphatic heterocycles. The van der Waals surface area contributed by atoms with Crippen molar-refractivity contribution in [3.63, 3.8) is 0 Å². The summed E-state index contributed by atoms with van der Waals surface area (Å²) in [6.07, 6.45) is 2.39. The van der Waals surface area contributed by atoms with E-state index in [0.717, 1.165) is 12.8 Å². The lowest BCUT2D eigenvalue weighted by molar-refractivity contribution is -0.167. The van der Waals surface area contributed by atoms with Gasteiger partial charge in [-0.05, 0) is 39.5 Å². The van der Waals surface area contributed by atoms with Crippen LogP contribution in [-0.2, 0) is 38.1 Å². The number of unbranched alkanes of at least 4 members (excludes halogenated alkanes) is 3. The van der Waals surface area contributed by atoms with E-state index in [1.165, 1.54) is 6.92 Å². The number of carbonyl (C=O) groups is 4. The van der Waals surface area contributed by atoms with Gasteiger partial charge in [0.2, 0.25) is 6.79 Å². The molecule has 0 spiro atoms. The van der Waals surface area contributed by atoms with E-state index in [1.807, 2.05) is 0 Å². The van der Waals surface area contributed by atoms with E-state index in [9.17, 15) is 19.2 Å². The van der Waals surface area contributed by atoms with Crippen LogP contribution in [0.4, 0.5) is 0 Å². The molecule has 0 aliphatic rings. The van der Waals surface area contributed by atoms with Gasteiger partial charge >= 0.3 is 23.9 Å². The first-order chi connectivity index (χ1) is 12.2. The SMILES string of the molecule is C=C(C)C(=O)OCCCCCCOC(=O)CC(=O)OCOC(=O)C(=C)C. The van der Waals surface area contributed by atoms with Crippen LogP contribution in [0, 0.1) is 0 Å². The second kappa shape index (κ2) is 13.6. The Morgan fingerprint density at radius 1 is 0.654 bits per heavy atom. The molecular weight excluding hydrogens is 344 g/mol. The molecule has 8 nitrogen and oxygen atoms in total. The number of rotatable bonds is 13. The molecule has 8 heteroatoms. The third-order valence-electron chi connectivity index (χ3n) is 2.93. The molecule has 0 radical (unpaired) electrons. The summed E-state index contributed by atoms with van der Waals surface area (Å²) in [6.45, 7) is 9.82. The van der Waals surface area contributed by atoms with E-state index in [1.54, 1.807) is 6.92 Å². The number of esters is 4. The zero-order chi connectivity index (χ0) is 19.9. The Morgan fingerprint density at radius 2 is 1.12 bits per heavy atom. The van der Waals surface area contributed by atoms with Crippen LogP contribution in [-0.4, -0.2) is 43.9 Å². The van der Waals surface area contributed by atoms with Crippen molar-refractivity contribution < 1.29 is 38.1 Å². The minimum atomic E-state index is -0.844. The summed E-state index contributed by atoms with van der Waals surface area (Å²) in [5.74, 6) is -2.64. The lowest BCUT2D eigenvalue weighted by Crippen LogP contribution is -2.17. The van der Waals surface area contributed by atoms with E-state index >= 15 is 0 Å². The Morgan fingerprint density at radius 3 is 1.65 bits per heavy atom. The van der Waals surface area contributed by atoms with Crippen molar-refractivity contribution in [3.8, 4) is 0 Å². The van der Waals surface area contributed by atoms with E-state index in [2.05, 4.69) is 22.6 Å². The monoisotopic (exact) mass is 370 g/mol. The van der Waals surface area contributed by atoms with Gasteiger partial charge in [-0.2, -0.15) is 0 Å². The highest BCUT2D eigenvalue weighted by Gasteiger charge is 2.13. The summed E-state index contributed by atoms with van der Waals surface area (Å²) >= 11 is 0. The van der Waals surface area contributed by atoms with Gasteiger partial charge in [-0.25, -0.2) is 9.59 Å². The molecule has 146 valence electrons. The zero-order valence-corrected chi connectivity index (χ0v) is 15.3. The van der Waals surface area contributed by atoms with E-state index in [4.69, 9.17) is 9.47 Å². The summed E-state index contributed by atoms with van der Waals surface area (Å²) in [6, 6.07) is 0. The molecule has 0 fully saturated rings. The number of carbonyl (C=O) groups excluding carboxylic acids is 4. The molecule has 0 heterocycles. The summed E-state index contributed by atoms with van der Waals surface area (Å²) in [4.78, 5) is 44.9. The lowest BCUT2D eigenvalue weighted by Gasteiger charge is -2.07. The summed E-state index contributed by atoms with van der Waals surface area (Å²) in [5.41, 5.74) is 0.541. The normalized spacial score (nSPS) is 9.77. The lowest BCUT2D eigenvalue weighted by atomic mass is 10.2. The molecule has 0 aromatic rings. The minimum absolute atomic E-state index is 0.175. The molecule has 0 aliphatic carbocycles. The Labute approximate surface area is 153 Å². The Balaban J connectivity index is 3.58. The number of hydrogen-bond acceptors (Lipinski definition) is 8. The van der Waals surface area contributed by atoms with Crippen molar-refractivity contribution in [2.75, 3.05) is 20.0 Å². The average Bonchev–Trinajstić information content (AvgIpc) is 2.56. The summed E-state index contributed by atoms with van der Waals surface area (Å²) in [7, 11) is 0. The second-order valence-electron chi connectivity index (χ2n) is 5.57. The second-order valence-corrected chi connectivity index (χ2v) is 5.57. The molecule has 0 atom stereocenters. The molecule has 0 aromatic heterocycles. The maximum atomic E-state index is 11.4. The van der Waals surface area contributed by atoms with Crippen LogP contribution < -0.4 is 0 Å². The Kier molecular flexibility index (Phi) is 12.2. The number of ether oxygens (including phenoxy) is 4. The molecule has 0 saturated heterocycles. The smallest absolute Gasteiger partial charge is 0.335 e. The molecule has 26 heavy (non-hydrogen) atoms. The van der Waals surface area contributed by atoms with Crippen LogP contribution in [0.15, 0.2) is 24.3 Å². The van der Waals surface area contributed by atoms with E-state index in [-0.39, 0.29) is 12.2 Å². The van der Waals surface area contributed by atoms with Crippen molar-refractivity contribution in [2.45, 2.75) is 46.0 Å². The minimum Gasteiger partial charge on any atom is -0.465 e. The maximum Gasteiger partial charge on any atom is 0.335 e. The number of hydrogen-bond donors (Lipinski definition) is 0. The van der Waals surface area contributed by atoms with Crippen molar-refractivity contribution in [3.05, 3.63) is 24.3 Å². The highest BCUT2D eigenvalue weighted by molar-refractivity contribution is 5.91. The van der Waals surface area contributed by atoms with Crippen LogP contribution in [0.3, 0.4) is 0 Å². The first-order valence-corrected chi connectivity index (χ1v) is 8.20. The zero-order valence-electron chi connectivity index (χ0n) is 15.3. The van der Waals surface area contributed by atoms with Crippen molar-refractivity contribution in [1.29, 1.82) is 0 Å². The predicted octanol–water partition coefficient (Wildman–Crippen LogP) is 2.22. The quantitative estimate of drug-likeness (QED) is 0.121. The first kappa shape index (κ1) is 23.4. The molecular formula is C18H26O8. The summed E-state index contributed by atoms with van der Waals surface area (Å²) < 4.78 is 19.0. The van der Waals surface area contributed by atoms with Crippen molar-refractivity contribution in [1.82, 2.24) is 0 Å². The van der Waals surface area contributed by atoms with Gasteiger partial charge in [-0.15, -0.1) is 0 Å². The van der Waals surface area contributed by atoms with Crippen molar-refractivity contribution >= 4 is 23.9 Å². The maximum absolute atomic E-state index is 11.4. The van der Waals surface area contributed by atoms with Crippen LogP contribution >= 0.6 is 0 Å². The molecule has 0 N–H and O–H groups in total. The third-order valence-corrected chi connectivity index (χ3v) is 2.93. The van der Waals surface area contributed by atoms with Crippen molar-refractivity contribution in [2.24, 2.45) is 0 Å². The predicted molar refractivity (Wildman–Crippen MR) is 91.7 cm³/mol. The molecule has 0 rings (SSSR count). The molecule has 0 saturated carbocycles. The largest absolute Gasteiger partial charge is 0.465 e. The van der Waals surface area contributed by atoms with E-state index in [0.29, 0.717) is 25.0 Å². The molecule has 0 unspecified atom stereocenters. The van der Waals surface area contributed by atoms with Crippen LogP contribution in [0.2, 0.25) is 0 Å². The topological polar surface area (TPSA) is 105 Å². The third kappa shape index (κ3) is 12.7. The van der Waals surface area contributed by atoms with Gasteiger partial charge in [-0.1, -0.05) is 13.2 Å².